The molecule has 9 nitrogen and oxygen atoms in total. The highest BCUT2D eigenvalue weighted by molar-refractivity contribution is 6.30. The van der Waals surface area contributed by atoms with Crippen molar-refractivity contribution >= 4 is 40.8 Å². The van der Waals surface area contributed by atoms with Crippen LogP contribution in [0.5, 0.6) is 5.75 Å². The lowest BCUT2D eigenvalue weighted by molar-refractivity contribution is 0.102. The van der Waals surface area contributed by atoms with E-state index in [9.17, 15) is 9.59 Å². The Bertz CT molecular complexity index is 1370. The van der Waals surface area contributed by atoms with Gasteiger partial charge in [0.25, 0.3) is 11.8 Å². The summed E-state index contributed by atoms with van der Waals surface area (Å²) in [5.74, 6) is 2.33. The van der Waals surface area contributed by atoms with E-state index in [1.807, 2.05) is 30.9 Å². The van der Waals surface area contributed by atoms with Gasteiger partial charge >= 0.3 is 0 Å². The third-order valence-corrected chi connectivity index (χ3v) is 5.85. The average Bonchev–Trinajstić information content (AvgIpc) is 2.92. The summed E-state index contributed by atoms with van der Waals surface area (Å²) in [6, 6.07) is 12.9. The molecule has 38 heavy (non-hydrogen) atoms. The van der Waals surface area contributed by atoms with Gasteiger partial charge in [0, 0.05) is 43.0 Å². The number of nitrogens with one attached hydrogen (secondary N) is 3. The predicted molar refractivity (Wildman–Crippen MR) is 151 cm³/mol. The SMILES string of the molecule is C#Cc1cc(OC)c(NC(=O)c2ccc(C(=N)N(C)CCN(C)C)cc2)c(C(=O)Nc2ccc(Cl)cn2)c1. The first-order chi connectivity index (χ1) is 18.1. The molecule has 0 aliphatic carbocycles. The van der Waals surface area contributed by atoms with E-state index in [4.69, 9.17) is 28.2 Å². The molecular formula is C28H29ClN6O3. The van der Waals surface area contributed by atoms with E-state index >= 15 is 0 Å². The first kappa shape index (κ1) is 28.2. The van der Waals surface area contributed by atoms with Crippen LogP contribution in [0.2, 0.25) is 5.02 Å². The molecule has 10 heteroatoms. The highest BCUT2D eigenvalue weighted by atomic mass is 35.5. The number of carbonyl (C=O) groups is 2. The zero-order chi connectivity index (χ0) is 27.8. The second-order valence-corrected chi connectivity index (χ2v) is 9.10. The van der Waals surface area contributed by atoms with Crippen LogP contribution in [-0.4, -0.2) is 73.8 Å². The van der Waals surface area contributed by atoms with E-state index in [1.54, 1.807) is 42.5 Å². The monoisotopic (exact) mass is 532 g/mol. The normalized spacial score (nSPS) is 10.4. The summed E-state index contributed by atoms with van der Waals surface area (Å²) in [6.45, 7) is 1.50. The Kier molecular flexibility index (Phi) is 9.44. The van der Waals surface area contributed by atoms with Gasteiger partial charge in [-0.3, -0.25) is 15.0 Å². The summed E-state index contributed by atoms with van der Waals surface area (Å²) >= 11 is 5.88. The van der Waals surface area contributed by atoms with Crippen LogP contribution in [0.4, 0.5) is 11.5 Å². The molecule has 2 amide bonds. The van der Waals surface area contributed by atoms with Gasteiger partial charge in [0.15, 0.2) is 0 Å². The van der Waals surface area contributed by atoms with Gasteiger partial charge in [0.1, 0.15) is 17.4 Å². The third-order valence-electron chi connectivity index (χ3n) is 5.63. The predicted octanol–water partition coefficient (Wildman–Crippen LogP) is 4.05. The van der Waals surface area contributed by atoms with Gasteiger partial charge in [-0.25, -0.2) is 4.98 Å². The van der Waals surface area contributed by atoms with Gasteiger partial charge in [0.2, 0.25) is 0 Å². The summed E-state index contributed by atoms with van der Waals surface area (Å²) in [7, 11) is 7.22. The average molecular weight is 533 g/mol. The van der Waals surface area contributed by atoms with E-state index in [1.165, 1.54) is 19.4 Å². The molecule has 1 heterocycles. The van der Waals surface area contributed by atoms with Crippen LogP contribution in [0.3, 0.4) is 0 Å². The van der Waals surface area contributed by atoms with Crippen molar-refractivity contribution < 1.29 is 14.3 Å². The highest BCUT2D eigenvalue weighted by Crippen LogP contribution is 2.31. The number of likely N-dealkylation sites (N-methyl/N-ethyl adjacent to an activating group) is 2. The Labute approximate surface area is 227 Å². The second-order valence-electron chi connectivity index (χ2n) is 8.67. The van der Waals surface area contributed by atoms with Crippen LogP contribution in [0.25, 0.3) is 0 Å². The molecule has 0 unspecified atom stereocenters. The maximum Gasteiger partial charge on any atom is 0.259 e. The summed E-state index contributed by atoms with van der Waals surface area (Å²) in [5, 5.41) is 14.3. The number of hydrogen-bond acceptors (Lipinski definition) is 6. The summed E-state index contributed by atoms with van der Waals surface area (Å²) in [6.07, 6.45) is 6.98. The Morgan fingerprint density at radius 3 is 2.29 bits per heavy atom. The number of terminal acetylenes is 1. The molecular weight excluding hydrogens is 504 g/mol. The number of nitrogens with zero attached hydrogens (tertiary/aromatic N) is 3. The molecule has 3 aromatic rings. The van der Waals surface area contributed by atoms with Gasteiger partial charge in [-0.05, 0) is 50.5 Å². The quantitative estimate of drug-likeness (QED) is 0.218. The van der Waals surface area contributed by atoms with Gasteiger partial charge in [-0.1, -0.05) is 29.7 Å². The second kappa shape index (κ2) is 12.7. The maximum absolute atomic E-state index is 13.2. The van der Waals surface area contributed by atoms with E-state index < -0.39 is 11.8 Å². The number of aromatic nitrogens is 1. The van der Waals surface area contributed by atoms with E-state index in [-0.39, 0.29) is 22.8 Å². The van der Waals surface area contributed by atoms with Gasteiger partial charge < -0.3 is 25.2 Å². The fraction of sp³-hybridized carbons (Fsp3) is 0.214. The van der Waals surface area contributed by atoms with Crippen LogP contribution in [0, 0.1) is 17.8 Å². The van der Waals surface area contributed by atoms with Crippen LogP contribution in [-0.2, 0) is 0 Å². The van der Waals surface area contributed by atoms with Gasteiger partial charge in [0.05, 0.1) is 23.4 Å². The number of benzene rings is 2. The minimum atomic E-state index is -0.546. The van der Waals surface area contributed by atoms with Crippen molar-refractivity contribution in [3.05, 3.63) is 82.0 Å². The van der Waals surface area contributed by atoms with E-state index in [0.29, 0.717) is 34.1 Å². The number of ether oxygens (including phenoxy) is 1. The molecule has 0 radical (unpaired) electrons. The Balaban J connectivity index is 1.85. The van der Waals surface area contributed by atoms with Crippen LogP contribution >= 0.6 is 11.6 Å². The molecule has 3 N–H and O–H groups in total. The molecule has 0 fully saturated rings. The first-order valence-corrected chi connectivity index (χ1v) is 12.0. The highest BCUT2D eigenvalue weighted by Gasteiger charge is 2.21. The number of amides is 2. The number of methoxy groups -OCH3 is 1. The molecule has 0 aliphatic rings. The van der Waals surface area contributed by atoms with Crippen molar-refractivity contribution in [2.45, 2.75) is 0 Å². The van der Waals surface area contributed by atoms with Gasteiger partial charge in [-0.15, -0.1) is 6.42 Å². The summed E-state index contributed by atoms with van der Waals surface area (Å²) < 4.78 is 5.44. The van der Waals surface area contributed by atoms with Crippen molar-refractivity contribution in [2.75, 3.05) is 52.0 Å². The lowest BCUT2D eigenvalue weighted by Gasteiger charge is -2.22. The standard InChI is InChI=1S/C28H29ClN6O3/c1-6-18-15-22(28(37)32-24-12-11-21(29)17-31-24)25(23(16-18)38-5)33-27(36)20-9-7-19(8-10-20)26(30)35(4)14-13-34(2)3/h1,7-12,15-17,30H,13-14H2,2-5H3,(H,33,36)(H,31,32,37). The zero-order valence-electron chi connectivity index (χ0n) is 21.6. The number of anilines is 2. The lowest BCUT2D eigenvalue weighted by Crippen LogP contribution is -2.33. The number of carbonyl (C=O) groups excluding carboxylic acids is 2. The first-order valence-electron chi connectivity index (χ1n) is 11.6. The van der Waals surface area contributed by atoms with Crippen molar-refractivity contribution in [1.82, 2.24) is 14.8 Å². The molecule has 0 atom stereocenters. The summed E-state index contributed by atoms with van der Waals surface area (Å²) in [5.41, 5.74) is 1.67. The molecule has 0 saturated heterocycles. The van der Waals surface area contributed by atoms with Crippen LogP contribution in [0.15, 0.2) is 54.7 Å². The molecule has 0 saturated carbocycles. The van der Waals surface area contributed by atoms with E-state index in [2.05, 4.69) is 21.5 Å². The minimum absolute atomic E-state index is 0.100. The zero-order valence-corrected chi connectivity index (χ0v) is 22.4. The van der Waals surface area contributed by atoms with Crippen molar-refractivity contribution in [3.8, 4) is 18.1 Å². The molecule has 196 valence electrons. The fourth-order valence-corrected chi connectivity index (χ4v) is 3.56. The Morgan fingerprint density at radius 1 is 1.03 bits per heavy atom. The third kappa shape index (κ3) is 7.09. The summed E-state index contributed by atoms with van der Waals surface area (Å²) in [4.78, 5) is 34.3. The van der Waals surface area contributed by atoms with Crippen LogP contribution in [0.1, 0.15) is 31.8 Å². The smallest absolute Gasteiger partial charge is 0.259 e. The maximum atomic E-state index is 13.2. The van der Waals surface area contributed by atoms with Crippen molar-refractivity contribution in [1.29, 1.82) is 5.41 Å². The largest absolute Gasteiger partial charge is 0.495 e. The Hall–Kier alpha value is -4.39. The number of amidine groups is 1. The van der Waals surface area contributed by atoms with Crippen molar-refractivity contribution in [2.24, 2.45) is 0 Å². The molecule has 0 aliphatic heterocycles. The number of pyridine rings is 1. The van der Waals surface area contributed by atoms with Crippen molar-refractivity contribution in [3.63, 3.8) is 0 Å². The molecule has 3 rings (SSSR count). The van der Waals surface area contributed by atoms with E-state index in [0.717, 1.165) is 6.54 Å². The topological polar surface area (TPSA) is 111 Å². The lowest BCUT2D eigenvalue weighted by atomic mass is 10.1. The number of hydrogen-bond donors (Lipinski definition) is 3. The number of halogens is 1. The molecule has 2 aromatic carbocycles. The Morgan fingerprint density at radius 2 is 1.71 bits per heavy atom. The molecule has 1 aromatic heterocycles. The molecule has 0 bridgehead atoms. The fourth-order valence-electron chi connectivity index (χ4n) is 3.45. The minimum Gasteiger partial charge on any atom is -0.495 e. The molecule has 0 spiro atoms. The van der Waals surface area contributed by atoms with Gasteiger partial charge in [-0.2, -0.15) is 0 Å². The van der Waals surface area contributed by atoms with Crippen LogP contribution < -0.4 is 15.4 Å². The number of rotatable bonds is 9.